The largest absolute Gasteiger partial charge is 0.491 e. The lowest BCUT2D eigenvalue weighted by molar-refractivity contribution is -0.120. The molecule has 1 amide bonds. The zero-order valence-corrected chi connectivity index (χ0v) is 11.9. The van der Waals surface area contributed by atoms with Gasteiger partial charge in [-0.3, -0.25) is 4.79 Å². The predicted octanol–water partition coefficient (Wildman–Crippen LogP) is 2.19. The standard InChI is InChI=1S/C15H20N2O3/c1-3-14(17-15(18)8-9-16)12-4-6-13(7-5-12)20-11-10-19-2/h4-7,14H,3,8,10-11H2,1-2H3,(H,17,18). The van der Waals surface area contributed by atoms with Gasteiger partial charge >= 0.3 is 0 Å². The van der Waals surface area contributed by atoms with E-state index in [1.54, 1.807) is 7.11 Å². The molecule has 0 fully saturated rings. The molecule has 0 heterocycles. The number of benzene rings is 1. The van der Waals surface area contributed by atoms with Crippen molar-refractivity contribution in [1.29, 1.82) is 5.26 Å². The molecule has 0 aliphatic rings. The highest BCUT2D eigenvalue weighted by Crippen LogP contribution is 2.20. The van der Waals surface area contributed by atoms with E-state index >= 15 is 0 Å². The SMILES string of the molecule is CCC(NC(=O)CC#N)c1ccc(OCCOC)cc1. The second-order valence-corrected chi connectivity index (χ2v) is 4.27. The first-order chi connectivity index (χ1) is 9.71. The molecule has 1 rings (SSSR count). The van der Waals surface area contributed by atoms with E-state index in [-0.39, 0.29) is 18.4 Å². The summed E-state index contributed by atoms with van der Waals surface area (Å²) in [4.78, 5) is 11.5. The van der Waals surface area contributed by atoms with Crippen LogP contribution in [-0.2, 0) is 9.53 Å². The topological polar surface area (TPSA) is 71.4 Å². The van der Waals surface area contributed by atoms with E-state index in [4.69, 9.17) is 14.7 Å². The molecular weight excluding hydrogens is 256 g/mol. The highest BCUT2D eigenvalue weighted by atomic mass is 16.5. The summed E-state index contributed by atoms with van der Waals surface area (Å²) < 4.78 is 10.4. The van der Waals surface area contributed by atoms with Crippen LogP contribution in [0.15, 0.2) is 24.3 Å². The van der Waals surface area contributed by atoms with E-state index in [1.165, 1.54) is 0 Å². The van der Waals surface area contributed by atoms with E-state index in [1.807, 2.05) is 37.3 Å². The van der Waals surface area contributed by atoms with E-state index in [0.29, 0.717) is 13.2 Å². The van der Waals surface area contributed by atoms with E-state index in [2.05, 4.69) is 5.32 Å². The van der Waals surface area contributed by atoms with Gasteiger partial charge in [-0.05, 0) is 24.1 Å². The fourth-order valence-electron chi connectivity index (χ4n) is 1.78. The number of nitrogens with one attached hydrogen (secondary N) is 1. The van der Waals surface area contributed by atoms with Crippen LogP contribution < -0.4 is 10.1 Å². The Bertz CT molecular complexity index is 451. The zero-order chi connectivity index (χ0) is 14.8. The van der Waals surface area contributed by atoms with Gasteiger partial charge in [-0.2, -0.15) is 5.26 Å². The lowest BCUT2D eigenvalue weighted by Crippen LogP contribution is -2.27. The molecule has 5 heteroatoms. The molecule has 20 heavy (non-hydrogen) atoms. The van der Waals surface area contributed by atoms with Crippen LogP contribution in [0, 0.1) is 11.3 Å². The Morgan fingerprint density at radius 2 is 2.05 bits per heavy atom. The van der Waals surface area contributed by atoms with Crippen LogP contribution in [-0.4, -0.2) is 26.2 Å². The number of rotatable bonds is 8. The average molecular weight is 276 g/mol. The van der Waals surface area contributed by atoms with Crippen molar-refractivity contribution in [1.82, 2.24) is 5.32 Å². The van der Waals surface area contributed by atoms with Gasteiger partial charge in [0, 0.05) is 7.11 Å². The molecule has 0 saturated heterocycles. The van der Waals surface area contributed by atoms with E-state index in [9.17, 15) is 4.79 Å². The first kappa shape index (κ1) is 16.0. The van der Waals surface area contributed by atoms with Crippen molar-refractivity contribution in [3.63, 3.8) is 0 Å². The Morgan fingerprint density at radius 1 is 1.35 bits per heavy atom. The van der Waals surface area contributed by atoms with Crippen molar-refractivity contribution >= 4 is 5.91 Å². The van der Waals surface area contributed by atoms with Gasteiger partial charge in [0.05, 0.1) is 18.7 Å². The monoisotopic (exact) mass is 276 g/mol. The number of hydrogen-bond donors (Lipinski definition) is 1. The van der Waals surface area contributed by atoms with Gasteiger partial charge in [-0.15, -0.1) is 0 Å². The maximum absolute atomic E-state index is 11.5. The Morgan fingerprint density at radius 3 is 2.60 bits per heavy atom. The molecule has 1 unspecified atom stereocenters. The lowest BCUT2D eigenvalue weighted by atomic mass is 10.0. The summed E-state index contributed by atoms with van der Waals surface area (Å²) in [6.07, 6.45) is 0.649. The van der Waals surface area contributed by atoms with Crippen LogP contribution in [0.25, 0.3) is 0 Å². The Kier molecular flexibility index (Phi) is 7.15. The van der Waals surface area contributed by atoms with Gasteiger partial charge in [0.15, 0.2) is 0 Å². The first-order valence-electron chi connectivity index (χ1n) is 6.59. The van der Waals surface area contributed by atoms with Crippen LogP contribution in [0.1, 0.15) is 31.4 Å². The van der Waals surface area contributed by atoms with Crippen LogP contribution >= 0.6 is 0 Å². The molecule has 108 valence electrons. The third-order valence-corrected chi connectivity index (χ3v) is 2.82. The minimum absolute atomic E-state index is 0.0797. The lowest BCUT2D eigenvalue weighted by Gasteiger charge is -2.17. The number of carbonyl (C=O) groups is 1. The quantitative estimate of drug-likeness (QED) is 0.739. The average Bonchev–Trinajstić information content (AvgIpc) is 2.46. The highest BCUT2D eigenvalue weighted by molar-refractivity contribution is 5.78. The van der Waals surface area contributed by atoms with Crippen molar-refractivity contribution in [3.8, 4) is 11.8 Å². The molecule has 1 N–H and O–H groups in total. The van der Waals surface area contributed by atoms with Crippen LogP contribution in [0.2, 0.25) is 0 Å². The molecule has 1 aromatic carbocycles. The summed E-state index contributed by atoms with van der Waals surface area (Å²) in [6, 6.07) is 9.33. The van der Waals surface area contributed by atoms with Crippen molar-refractivity contribution in [2.24, 2.45) is 0 Å². The third kappa shape index (κ3) is 5.29. The molecule has 0 bridgehead atoms. The minimum Gasteiger partial charge on any atom is -0.491 e. The molecule has 5 nitrogen and oxygen atoms in total. The number of amides is 1. The van der Waals surface area contributed by atoms with Crippen molar-refractivity contribution in [2.45, 2.75) is 25.8 Å². The number of ether oxygens (including phenoxy) is 2. The molecule has 0 radical (unpaired) electrons. The summed E-state index contributed by atoms with van der Waals surface area (Å²) >= 11 is 0. The minimum atomic E-state index is -0.250. The fraction of sp³-hybridized carbons (Fsp3) is 0.467. The summed E-state index contributed by atoms with van der Waals surface area (Å²) in [5.74, 6) is 0.517. The maximum atomic E-state index is 11.5. The molecular formula is C15H20N2O3. The number of hydrogen-bond acceptors (Lipinski definition) is 4. The van der Waals surface area contributed by atoms with Crippen molar-refractivity contribution in [2.75, 3.05) is 20.3 Å². The van der Waals surface area contributed by atoms with E-state index in [0.717, 1.165) is 17.7 Å². The first-order valence-corrected chi connectivity index (χ1v) is 6.59. The van der Waals surface area contributed by atoms with Gasteiger partial charge in [-0.1, -0.05) is 19.1 Å². The van der Waals surface area contributed by atoms with Crippen molar-refractivity contribution < 1.29 is 14.3 Å². The maximum Gasteiger partial charge on any atom is 0.234 e. The molecule has 0 saturated carbocycles. The van der Waals surface area contributed by atoms with E-state index < -0.39 is 0 Å². The molecule has 0 aromatic heterocycles. The number of carbonyl (C=O) groups excluding carboxylic acids is 1. The van der Waals surface area contributed by atoms with Crippen molar-refractivity contribution in [3.05, 3.63) is 29.8 Å². The second-order valence-electron chi connectivity index (χ2n) is 4.27. The zero-order valence-electron chi connectivity index (χ0n) is 11.9. The molecule has 0 spiro atoms. The summed E-state index contributed by atoms with van der Waals surface area (Å²) in [5.41, 5.74) is 0.998. The van der Waals surface area contributed by atoms with Gasteiger partial charge in [0.25, 0.3) is 0 Å². The Balaban J connectivity index is 2.60. The number of nitrogens with zero attached hydrogens (tertiary/aromatic N) is 1. The van der Waals surface area contributed by atoms with Gasteiger partial charge in [0.2, 0.25) is 5.91 Å². The van der Waals surface area contributed by atoms with Gasteiger partial charge in [0.1, 0.15) is 18.8 Å². The van der Waals surface area contributed by atoms with Gasteiger partial charge < -0.3 is 14.8 Å². The summed E-state index contributed by atoms with van der Waals surface area (Å²) in [5, 5.41) is 11.3. The van der Waals surface area contributed by atoms with Crippen LogP contribution in [0.4, 0.5) is 0 Å². The van der Waals surface area contributed by atoms with Gasteiger partial charge in [-0.25, -0.2) is 0 Å². The number of nitriles is 1. The fourth-order valence-corrected chi connectivity index (χ4v) is 1.78. The Labute approximate surface area is 119 Å². The molecule has 1 aromatic rings. The second kappa shape index (κ2) is 8.94. The summed E-state index contributed by atoms with van der Waals surface area (Å²) in [6.45, 7) is 3.04. The summed E-state index contributed by atoms with van der Waals surface area (Å²) in [7, 11) is 1.63. The predicted molar refractivity (Wildman–Crippen MR) is 75.2 cm³/mol. The van der Waals surface area contributed by atoms with Crippen LogP contribution in [0.5, 0.6) is 5.75 Å². The molecule has 0 aliphatic heterocycles. The normalized spacial score (nSPS) is 11.4. The highest BCUT2D eigenvalue weighted by Gasteiger charge is 2.12. The smallest absolute Gasteiger partial charge is 0.234 e. The third-order valence-electron chi connectivity index (χ3n) is 2.82. The van der Waals surface area contributed by atoms with Crippen LogP contribution in [0.3, 0.4) is 0 Å². The Hall–Kier alpha value is -2.06. The number of methoxy groups -OCH3 is 1. The molecule has 0 aliphatic carbocycles. The molecule has 1 atom stereocenters.